The molecule has 27 heavy (non-hydrogen) atoms. The lowest BCUT2D eigenvalue weighted by Crippen LogP contribution is -2.39. The highest BCUT2D eigenvalue weighted by Crippen LogP contribution is 2.36. The van der Waals surface area contributed by atoms with Gasteiger partial charge in [-0.1, -0.05) is 12.1 Å². The van der Waals surface area contributed by atoms with Crippen LogP contribution in [0.15, 0.2) is 30.5 Å². The predicted octanol–water partition coefficient (Wildman–Crippen LogP) is 2.62. The van der Waals surface area contributed by atoms with E-state index in [4.69, 9.17) is 5.73 Å². The summed E-state index contributed by atoms with van der Waals surface area (Å²) < 4.78 is 13.3. The number of benzene rings is 1. The van der Waals surface area contributed by atoms with Crippen molar-refractivity contribution >= 4 is 11.9 Å². The van der Waals surface area contributed by atoms with Gasteiger partial charge in [0.05, 0.1) is 18.3 Å². The number of rotatable bonds is 4. The van der Waals surface area contributed by atoms with Crippen molar-refractivity contribution in [3.8, 4) is 11.1 Å². The largest absolute Gasteiger partial charge is 0.368 e. The maximum atomic E-state index is 13.3. The van der Waals surface area contributed by atoms with Crippen LogP contribution >= 0.6 is 0 Å². The number of halogens is 1. The first-order valence-electron chi connectivity index (χ1n) is 9.52. The first-order chi connectivity index (χ1) is 13.1. The molecule has 2 aliphatic heterocycles. The molecule has 1 aromatic carbocycles. The van der Waals surface area contributed by atoms with Gasteiger partial charge in [-0.15, -0.1) is 0 Å². The molecule has 6 nitrogen and oxygen atoms in total. The smallest absolute Gasteiger partial charge is 0.236 e. The zero-order chi connectivity index (χ0) is 18.8. The molecule has 1 aromatic heterocycles. The van der Waals surface area contributed by atoms with E-state index in [9.17, 15) is 9.18 Å². The Kier molecular flexibility index (Phi) is 5.03. The minimum Gasteiger partial charge on any atom is -0.368 e. The lowest BCUT2D eigenvalue weighted by Gasteiger charge is -2.27. The summed E-state index contributed by atoms with van der Waals surface area (Å²) in [6.07, 6.45) is 5.80. The van der Waals surface area contributed by atoms with Gasteiger partial charge in [-0.05, 0) is 49.9 Å². The van der Waals surface area contributed by atoms with E-state index < -0.39 is 0 Å². The molecule has 2 saturated heterocycles. The number of carbonyl (C=O) groups excluding carboxylic acids is 1. The Morgan fingerprint density at radius 1 is 1.15 bits per heavy atom. The molecule has 142 valence electrons. The summed E-state index contributed by atoms with van der Waals surface area (Å²) in [5.41, 5.74) is 8.38. The summed E-state index contributed by atoms with van der Waals surface area (Å²) in [6.45, 7) is 2.98. The van der Waals surface area contributed by atoms with E-state index in [0.29, 0.717) is 6.54 Å². The standard InChI is InChI=1S/C20H24FN5O/c21-15-7-5-14(6-8-15)16-12-23-20(22)24-19(16)17-4-3-11-26(17)13-18(27)25-9-1-2-10-25/h5-8,12,17H,1-4,9-11,13H2,(H2,22,23,24). The Morgan fingerprint density at radius 2 is 1.89 bits per heavy atom. The van der Waals surface area contributed by atoms with Gasteiger partial charge in [0.2, 0.25) is 11.9 Å². The second-order valence-electron chi connectivity index (χ2n) is 7.25. The minimum atomic E-state index is -0.282. The summed E-state index contributed by atoms with van der Waals surface area (Å²) in [6, 6.07) is 6.32. The second-order valence-corrected chi connectivity index (χ2v) is 7.25. The molecular formula is C20H24FN5O. The number of nitrogens with zero attached hydrogens (tertiary/aromatic N) is 4. The van der Waals surface area contributed by atoms with E-state index in [1.807, 2.05) is 4.90 Å². The Balaban J connectivity index is 1.62. The normalized spacial score (nSPS) is 20.3. The summed E-state index contributed by atoms with van der Waals surface area (Å²) in [4.78, 5) is 25.4. The van der Waals surface area contributed by atoms with Crippen LogP contribution in [0.5, 0.6) is 0 Å². The average molecular weight is 369 g/mol. The molecule has 2 aliphatic rings. The van der Waals surface area contributed by atoms with Gasteiger partial charge in [0.15, 0.2) is 0 Å². The molecule has 2 N–H and O–H groups in total. The van der Waals surface area contributed by atoms with E-state index in [1.165, 1.54) is 12.1 Å². The molecule has 0 bridgehead atoms. The molecule has 7 heteroatoms. The molecule has 0 saturated carbocycles. The van der Waals surface area contributed by atoms with Crippen molar-refractivity contribution in [2.24, 2.45) is 0 Å². The Labute approximate surface area is 158 Å². The van der Waals surface area contributed by atoms with Crippen LogP contribution in [0.2, 0.25) is 0 Å². The third-order valence-corrected chi connectivity index (χ3v) is 5.47. The van der Waals surface area contributed by atoms with Gasteiger partial charge in [0, 0.05) is 24.8 Å². The highest BCUT2D eigenvalue weighted by molar-refractivity contribution is 5.78. The molecular weight excluding hydrogens is 345 g/mol. The molecule has 0 radical (unpaired) electrons. The molecule has 4 rings (SSSR count). The lowest BCUT2D eigenvalue weighted by molar-refractivity contribution is -0.131. The van der Waals surface area contributed by atoms with Crippen molar-refractivity contribution < 1.29 is 9.18 Å². The number of hydrogen-bond donors (Lipinski definition) is 1. The number of likely N-dealkylation sites (tertiary alicyclic amines) is 2. The first-order valence-corrected chi connectivity index (χ1v) is 9.52. The fraction of sp³-hybridized carbons (Fsp3) is 0.450. The second kappa shape index (κ2) is 7.60. The highest BCUT2D eigenvalue weighted by atomic mass is 19.1. The number of nitrogens with two attached hydrogens (primary N) is 1. The Bertz CT molecular complexity index is 820. The third-order valence-electron chi connectivity index (χ3n) is 5.47. The van der Waals surface area contributed by atoms with Crippen LogP contribution in [0.3, 0.4) is 0 Å². The third kappa shape index (κ3) is 3.78. The van der Waals surface area contributed by atoms with Crippen molar-refractivity contribution in [1.82, 2.24) is 19.8 Å². The van der Waals surface area contributed by atoms with E-state index in [-0.39, 0.29) is 23.7 Å². The summed E-state index contributed by atoms with van der Waals surface area (Å²) in [5.74, 6) is 0.119. The monoisotopic (exact) mass is 369 g/mol. The summed E-state index contributed by atoms with van der Waals surface area (Å²) >= 11 is 0. The molecule has 0 aliphatic carbocycles. The number of hydrogen-bond acceptors (Lipinski definition) is 5. The zero-order valence-electron chi connectivity index (χ0n) is 15.3. The van der Waals surface area contributed by atoms with Crippen LogP contribution < -0.4 is 5.73 Å². The van der Waals surface area contributed by atoms with Gasteiger partial charge in [-0.25, -0.2) is 14.4 Å². The molecule has 3 heterocycles. The Hall–Kier alpha value is -2.54. The maximum absolute atomic E-state index is 13.3. The van der Waals surface area contributed by atoms with Crippen molar-refractivity contribution in [3.05, 3.63) is 42.0 Å². The Morgan fingerprint density at radius 3 is 2.63 bits per heavy atom. The van der Waals surface area contributed by atoms with Crippen molar-refractivity contribution in [1.29, 1.82) is 0 Å². The number of nitrogen functional groups attached to an aromatic ring is 1. The number of amides is 1. The van der Waals surface area contributed by atoms with Crippen LogP contribution in [0.1, 0.15) is 37.4 Å². The van der Waals surface area contributed by atoms with E-state index in [2.05, 4.69) is 14.9 Å². The minimum absolute atomic E-state index is 0.0157. The van der Waals surface area contributed by atoms with Gasteiger partial charge < -0.3 is 10.6 Å². The van der Waals surface area contributed by atoms with Crippen LogP contribution in [0.4, 0.5) is 10.3 Å². The van der Waals surface area contributed by atoms with Crippen molar-refractivity contribution in [2.75, 3.05) is 31.9 Å². The van der Waals surface area contributed by atoms with E-state index in [1.54, 1.807) is 18.3 Å². The summed E-state index contributed by atoms with van der Waals surface area (Å²) in [7, 11) is 0. The average Bonchev–Trinajstić information content (AvgIpc) is 3.34. The van der Waals surface area contributed by atoms with Gasteiger partial charge in [-0.2, -0.15) is 0 Å². The van der Waals surface area contributed by atoms with Crippen LogP contribution in [-0.4, -0.2) is 51.9 Å². The highest BCUT2D eigenvalue weighted by Gasteiger charge is 2.32. The van der Waals surface area contributed by atoms with E-state index in [0.717, 1.165) is 62.1 Å². The lowest BCUT2D eigenvalue weighted by atomic mass is 10.00. The number of aromatic nitrogens is 2. The maximum Gasteiger partial charge on any atom is 0.236 e. The quantitative estimate of drug-likeness (QED) is 0.897. The molecule has 0 spiro atoms. The van der Waals surface area contributed by atoms with Crippen LogP contribution in [-0.2, 0) is 4.79 Å². The topological polar surface area (TPSA) is 75.3 Å². The van der Waals surface area contributed by atoms with Gasteiger partial charge in [-0.3, -0.25) is 9.69 Å². The van der Waals surface area contributed by atoms with Gasteiger partial charge >= 0.3 is 0 Å². The predicted molar refractivity (Wildman–Crippen MR) is 101 cm³/mol. The zero-order valence-corrected chi connectivity index (χ0v) is 15.3. The van der Waals surface area contributed by atoms with Crippen molar-refractivity contribution in [2.45, 2.75) is 31.7 Å². The van der Waals surface area contributed by atoms with Crippen molar-refractivity contribution in [3.63, 3.8) is 0 Å². The first kappa shape index (κ1) is 17.9. The molecule has 2 aromatic rings. The van der Waals surface area contributed by atoms with Crippen LogP contribution in [0.25, 0.3) is 11.1 Å². The molecule has 2 fully saturated rings. The van der Waals surface area contributed by atoms with E-state index >= 15 is 0 Å². The van der Waals surface area contributed by atoms with Crippen LogP contribution in [0, 0.1) is 5.82 Å². The van der Waals surface area contributed by atoms with Gasteiger partial charge in [0.25, 0.3) is 0 Å². The molecule has 1 atom stereocenters. The number of anilines is 1. The fourth-order valence-corrected chi connectivity index (χ4v) is 4.08. The summed E-state index contributed by atoms with van der Waals surface area (Å²) in [5, 5.41) is 0. The number of carbonyl (C=O) groups is 1. The SMILES string of the molecule is Nc1ncc(-c2ccc(F)cc2)c(C2CCCN2CC(=O)N2CCCC2)n1. The molecule has 1 unspecified atom stereocenters. The fourth-order valence-electron chi connectivity index (χ4n) is 4.08. The van der Waals surface area contributed by atoms with Gasteiger partial charge in [0.1, 0.15) is 5.82 Å². The molecule has 1 amide bonds.